The minimum atomic E-state index is 0.829. The minimum Gasteiger partial charge on any atom is -0.330 e. The van der Waals surface area contributed by atoms with Crippen LogP contribution in [0.25, 0.3) is 0 Å². The second-order valence-electron chi connectivity index (χ2n) is 6.08. The van der Waals surface area contributed by atoms with Crippen LogP contribution in [0.15, 0.2) is 0 Å². The van der Waals surface area contributed by atoms with Crippen LogP contribution in [0.4, 0.5) is 0 Å². The standard InChI is InChI=1S/C15H32N4/c16-6-3-9-18-11-5-13-19(15-14-18)12-4-10-17-7-1-2-8-17/h1-16H2. The molecule has 2 aliphatic rings. The molecule has 4 nitrogen and oxygen atoms in total. The molecular formula is C15H32N4. The van der Waals surface area contributed by atoms with Crippen molar-refractivity contribution in [1.82, 2.24) is 14.7 Å². The molecule has 0 aromatic heterocycles. The minimum absolute atomic E-state index is 0.829. The van der Waals surface area contributed by atoms with Gasteiger partial charge in [0.05, 0.1) is 0 Å². The van der Waals surface area contributed by atoms with Crippen LogP contribution in [0.5, 0.6) is 0 Å². The van der Waals surface area contributed by atoms with Crippen molar-refractivity contribution >= 4 is 0 Å². The molecule has 112 valence electrons. The summed E-state index contributed by atoms with van der Waals surface area (Å²) in [7, 11) is 0. The lowest BCUT2D eigenvalue weighted by atomic mass is 10.3. The van der Waals surface area contributed by atoms with Gasteiger partial charge in [0.2, 0.25) is 0 Å². The van der Waals surface area contributed by atoms with Gasteiger partial charge in [0, 0.05) is 13.1 Å². The summed E-state index contributed by atoms with van der Waals surface area (Å²) in [6.07, 6.45) is 6.66. The van der Waals surface area contributed by atoms with Crippen molar-refractivity contribution in [3.63, 3.8) is 0 Å². The van der Waals surface area contributed by atoms with Gasteiger partial charge in [-0.15, -0.1) is 0 Å². The molecule has 0 spiro atoms. The predicted octanol–water partition coefficient (Wildman–Crippen LogP) is 0.829. The molecule has 19 heavy (non-hydrogen) atoms. The first kappa shape index (κ1) is 15.2. The summed E-state index contributed by atoms with van der Waals surface area (Å²) < 4.78 is 0. The summed E-state index contributed by atoms with van der Waals surface area (Å²) in [5, 5.41) is 0. The molecule has 0 aliphatic carbocycles. The van der Waals surface area contributed by atoms with Crippen LogP contribution in [0, 0.1) is 0 Å². The van der Waals surface area contributed by atoms with Crippen molar-refractivity contribution < 1.29 is 0 Å². The monoisotopic (exact) mass is 268 g/mol. The lowest BCUT2D eigenvalue weighted by Gasteiger charge is -2.22. The van der Waals surface area contributed by atoms with Crippen LogP contribution in [0.3, 0.4) is 0 Å². The van der Waals surface area contributed by atoms with Gasteiger partial charge in [-0.1, -0.05) is 0 Å². The van der Waals surface area contributed by atoms with Gasteiger partial charge in [-0.05, 0) is 84.5 Å². The number of hydrogen-bond donors (Lipinski definition) is 1. The lowest BCUT2D eigenvalue weighted by Crippen LogP contribution is -2.33. The van der Waals surface area contributed by atoms with Crippen LogP contribution in [0.1, 0.15) is 32.1 Å². The Morgan fingerprint density at radius 2 is 1.05 bits per heavy atom. The van der Waals surface area contributed by atoms with E-state index in [0.29, 0.717) is 0 Å². The van der Waals surface area contributed by atoms with Gasteiger partial charge >= 0.3 is 0 Å². The highest BCUT2D eigenvalue weighted by molar-refractivity contribution is 4.71. The molecule has 0 amide bonds. The third-order valence-corrected chi connectivity index (χ3v) is 4.51. The first-order chi connectivity index (χ1) is 9.38. The zero-order valence-corrected chi connectivity index (χ0v) is 12.5. The Kier molecular flexibility index (Phi) is 7.14. The Labute approximate surface area is 118 Å². The summed E-state index contributed by atoms with van der Waals surface area (Å²) >= 11 is 0. The van der Waals surface area contributed by atoms with E-state index in [2.05, 4.69) is 14.7 Å². The number of rotatable bonds is 7. The van der Waals surface area contributed by atoms with Gasteiger partial charge in [-0.3, -0.25) is 0 Å². The third kappa shape index (κ3) is 5.78. The molecule has 0 bridgehead atoms. The topological polar surface area (TPSA) is 35.7 Å². The molecule has 0 saturated carbocycles. The Balaban J connectivity index is 1.56. The second kappa shape index (κ2) is 8.90. The fourth-order valence-electron chi connectivity index (χ4n) is 3.31. The molecule has 0 radical (unpaired) electrons. The summed E-state index contributed by atoms with van der Waals surface area (Å²) in [5.41, 5.74) is 5.60. The van der Waals surface area contributed by atoms with Gasteiger partial charge < -0.3 is 20.4 Å². The molecule has 0 unspecified atom stereocenters. The molecule has 4 heteroatoms. The van der Waals surface area contributed by atoms with E-state index in [1.807, 2.05) is 0 Å². The quantitative estimate of drug-likeness (QED) is 0.742. The van der Waals surface area contributed by atoms with Gasteiger partial charge in [-0.2, -0.15) is 0 Å². The van der Waals surface area contributed by atoms with E-state index in [9.17, 15) is 0 Å². The molecule has 2 rings (SSSR count). The third-order valence-electron chi connectivity index (χ3n) is 4.51. The first-order valence-electron chi connectivity index (χ1n) is 8.25. The van der Waals surface area contributed by atoms with Gasteiger partial charge in [0.1, 0.15) is 0 Å². The maximum Gasteiger partial charge on any atom is 0.0109 e. The second-order valence-corrected chi connectivity index (χ2v) is 6.08. The largest absolute Gasteiger partial charge is 0.330 e. The summed E-state index contributed by atoms with van der Waals surface area (Å²) in [6.45, 7) is 12.4. The molecule has 2 fully saturated rings. The average Bonchev–Trinajstić information content (AvgIpc) is 2.83. The number of nitrogens with two attached hydrogens (primary N) is 1. The lowest BCUT2D eigenvalue weighted by molar-refractivity contribution is 0.239. The van der Waals surface area contributed by atoms with Crippen molar-refractivity contribution in [2.45, 2.75) is 32.1 Å². The SMILES string of the molecule is NCCCN1CCCN(CCCN2CCCC2)CC1. The maximum absolute atomic E-state index is 5.60. The predicted molar refractivity (Wildman–Crippen MR) is 81.5 cm³/mol. The van der Waals surface area contributed by atoms with Crippen molar-refractivity contribution in [2.24, 2.45) is 5.73 Å². The Bertz CT molecular complexity index is 228. The molecule has 0 aromatic carbocycles. The van der Waals surface area contributed by atoms with Crippen molar-refractivity contribution in [3.8, 4) is 0 Å². The molecule has 2 saturated heterocycles. The smallest absolute Gasteiger partial charge is 0.0109 e. The summed E-state index contributed by atoms with van der Waals surface area (Å²) in [5.74, 6) is 0. The highest BCUT2D eigenvalue weighted by atomic mass is 15.2. The fourth-order valence-corrected chi connectivity index (χ4v) is 3.31. The van der Waals surface area contributed by atoms with E-state index < -0.39 is 0 Å². The van der Waals surface area contributed by atoms with Gasteiger partial charge in [0.15, 0.2) is 0 Å². The van der Waals surface area contributed by atoms with Crippen LogP contribution < -0.4 is 5.73 Å². The molecule has 0 atom stereocenters. The molecule has 2 N–H and O–H groups in total. The van der Waals surface area contributed by atoms with Gasteiger partial charge in [0.25, 0.3) is 0 Å². The highest BCUT2D eigenvalue weighted by Gasteiger charge is 2.15. The normalized spacial score (nSPS) is 23.8. The van der Waals surface area contributed by atoms with E-state index in [-0.39, 0.29) is 0 Å². The number of hydrogen-bond acceptors (Lipinski definition) is 4. The van der Waals surface area contributed by atoms with Crippen LogP contribution in [-0.2, 0) is 0 Å². The number of likely N-dealkylation sites (tertiary alicyclic amines) is 1. The van der Waals surface area contributed by atoms with Crippen molar-refractivity contribution in [3.05, 3.63) is 0 Å². The summed E-state index contributed by atoms with van der Waals surface area (Å²) in [4.78, 5) is 7.89. The van der Waals surface area contributed by atoms with Crippen molar-refractivity contribution in [1.29, 1.82) is 0 Å². The fraction of sp³-hybridized carbons (Fsp3) is 1.00. The van der Waals surface area contributed by atoms with E-state index in [1.54, 1.807) is 0 Å². The molecule has 2 heterocycles. The maximum atomic E-state index is 5.60. The van der Waals surface area contributed by atoms with Gasteiger partial charge in [-0.25, -0.2) is 0 Å². The summed E-state index contributed by atoms with van der Waals surface area (Å²) in [6, 6.07) is 0. The average molecular weight is 268 g/mol. The molecule has 0 aromatic rings. The Hall–Kier alpha value is -0.160. The van der Waals surface area contributed by atoms with E-state index in [1.165, 1.54) is 84.6 Å². The zero-order chi connectivity index (χ0) is 13.3. The van der Waals surface area contributed by atoms with Crippen molar-refractivity contribution in [2.75, 3.05) is 65.4 Å². The van der Waals surface area contributed by atoms with Crippen LogP contribution in [-0.4, -0.2) is 80.1 Å². The van der Waals surface area contributed by atoms with Crippen LogP contribution in [0.2, 0.25) is 0 Å². The first-order valence-corrected chi connectivity index (χ1v) is 8.25. The Morgan fingerprint density at radius 3 is 1.63 bits per heavy atom. The van der Waals surface area contributed by atoms with E-state index in [0.717, 1.165) is 13.0 Å². The van der Waals surface area contributed by atoms with E-state index >= 15 is 0 Å². The molecule has 2 aliphatic heterocycles. The zero-order valence-electron chi connectivity index (χ0n) is 12.5. The van der Waals surface area contributed by atoms with E-state index in [4.69, 9.17) is 5.73 Å². The Morgan fingerprint density at radius 1 is 0.579 bits per heavy atom. The molecular weight excluding hydrogens is 236 g/mol. The number of nitrogens with zero attached hydrogens (tertiary/aromatic N) is 3. The van der Waals surface area contributed by atoms with Crippen LogP contribution >= 0.6 is 0 Å². The highest BCUT2D eigenvalue weighted by Crippen LogP contribution is 2.09.